The van der Waals surface area contributed by atoms with Gasteiger partial charge in [0.05, 0.1) is 11.3 Å². The predicted octanol–water partition coefficient (Wildman–Crippen LogP) is 5.15. The lowest BCUT2D eigenvalue weighted by molar-refractivity contribution is 0.566. The van der Waals surface area contributed by atoms with Crippen LogP contribution in [-0.4, -0.2) is 54.3 Å². The second-order valence-corrected chi connectivity index (χ2v) is 8.76. The van der Waals surface area contributed by atoms with Crippen LogP contribution in [0.2, 0.25) is 0 Å². The molecule has 0 unspecified atom stereocenters. The zero-order valence-electron chi connectivity index (χ0n) is 20.8. The molecule has 1 fully saturated rings. The molecule has 0 radical (unpaired) electrons. The lowest BCUT2D eigenvalue weighted by Gasteiger charge is -2.16. The molecule has 1 aliphatic rings. The van der Waals surface area contributed by atoms with Crippen LogP contribution in [-0.2, 0) is 0 Å². The molecule has 2 N–H and O–H groups in total. The summed E-state index contributed by atoms with van der Waals surface area (Å²) in [7, 11) is 4.00. The van der Waals surface area contributed by atoms with E-state index in [1.807, 2.05) is 69.4 Å². The van der Waals surface area contributed by atoms with Gasteiger partial charge in [-0.2, -0.15) is 0 Å². The number of nitrogens with zero attached hydrogens (tertiary/aromatic N) is 4. The third-order valence-corrected chi connectivity index (χ3v) is 5.49. The van der Waals surface area contributed by atoms with Gasteiger partial charge in [0.1, 0.15) is 5.82 Å². The van der Waals surface area contributed by atoms with Gasteiger partial charge in [0.15, 0.2) is 5.82 Å². The van der Waals surface area contributed by atoms with E-state index in [1.54, 1.807) is 0 Å². The second-order valence-electron chi connectivity index (χ2n) is 8.76. The number of rotatable bonds is 10. The van der Waals surface area contributed by atoms with Crippen LogP contribution in [0.4, 0.5) is 5.82 Å². The lowest BCUT2D eigenvalue weighted by Crippen LogP contribution is -2.19. The maximum atomic E-state index is 4.96. The first-order valence-corrected chi connectivity index (χ1v) is 11.7. The highest BCUT2D eigenvalue weighted by Crippen LogP contribution is 2.25. The molecule has 3 rings (SSSR count). The summed E-state index contributed by atoms with van der Waals surface area (Å²) in [6, 6.07) is 8.24. The second kappa shape index (κ2) is 12.1. The highest BCUT2D eigenvalue weighted by atomic mass is 15.0. The van der Waals surface area contributed by atoms with Gasteiger partial charge in [0.2, 0.25) is 0 Å². The van der Waals surface area contributed by atoms with E-state index in [2.05, 4.69) is 47.1 Å². The van der Waals surface area contributed by atoms with Crippen molar-refractivity contribution < 1.29 is 0 Å². The Labute approximate surface area is 203 Å². The summed E-state index contributed by atoms with van der Waals surface area (Å²) in [5, 5.41) is 7.01. The largest absolute Gasteiger partial charge is 0.383 e. The van der Waals surface area contributed by atoms with Gasteiger partial charge < -0.3 is 15.5 Å². The lowest BCUT2D eigenvalue weighted by atomic mass is 10.0. The van der Waals surface area contributed by atoms with Crippen LogP contribution in [0, 0.1) is 5.92 Å². The summed E-state index contributed by atoms with van der Waals surface area (Å²) in [5.41, 5.74) is 5.46. The van der Waals surface area contributed by atoms with Gasteiger partial charge in [-0.3, -0.25) is 4.99 Å². The van der Waals surface area contributed by atoms with Crippen molar-refractivity contribution in [1.82, 2.24) is 20.2 Å². The summed E-state index contributed by atoms with van der Waals surface area (Å²) in [5.74, 6) is 2.03. The van der Waals surface area contributed by atoms with E-state index < -0.39 is 0 Å². The van der Waals surface area contributed by atoms with Crippen LogP contribution in [0.3, 0.4) is 0 Å². The summed E-state index contributed by atoms with van der Waals surface area (Å²) in [4.78, 5) is 16.3. The number of anilines is 1. The number of aliphatic imine (C=N–C) groups is 1. The minimum Gasteiger partial charge on any atom is -0.383 e. The summed E-state index contributed by atoms with van der Waals surface area (Å²) in [6.45, 7) is 14.7. The Hall–Kier alpha value is -3.51. The molecule has 0 amide bonds. The third-order valence-electron chi connectivity index (χ3n) is 5.49. The molecular weight excluding hydrogens is 420 g/mol. The average Bonchev–Trinajstić information content (AvgIpc) is 3.34. The maximum absolute atomic E-state index is 4.96. The highest BCUT2D eigenvalue weighted by Gasteiger charge is 2.17. The summed E-state index contributed by atoms with van der Waals surface area (Å²) >= 11 is 0. The Morgan fingerprint density at radius 3 is 2.82 bits per heavy atom. The molecule has 0 bridgehead atoms. The molecule has 2 aromatic rings. The number of benzene rings is 1. The van der Waals surface area contributed by atoms with Crippen molar-refractivity contribution in [2.45, 2.75) is 20.3 Å². The average molecular weight is 457 g/mol. The zero-order valence-corrected chi connectivity index (χ0v) is 20.8. The van der Waals surface area contributed by atoms with Gasteiger partial charge in [-0.1, -0.05) is 43.5 Å². The molecule has 6 nitrogen and oxygen atoms in total. The molecule has 1 aromatic heterocycles. The molecule has 1 aromatic carbocycles. The van der Waals surface area contributed by atoms with Gasteiger partial charge in [-0.15, -0.1) is 0 Å². The van der Waals surface area contributed by atoms with Crippen molar-refractivity contribution in [3.8, 4) is 11.4 Å². The van der Waals surface area contributed by atoms with E-state index in [4.69, 9.17) is 9.97 Å². The normalized spacial score (nSPS) is 16.6. The summed E-state index contributed by atoms with van der Waals surface area (Å²) < 4.78 is 0. The van der Waals surface area contributed by atoms with E-state index in [9.17, 15) is 0 Å². The van der Waals surface area contributed by atoms with Crippen LogP contribution in [0.25, 0.3) is 17.0 Å². The van der Waals surface area contributed by atoms with Gasteiger partial charge in [-0.05, 0) is 62.6 Å². The van der Waals surface area contributed by atoms with Crippen LogP contribution in [0.5, 0.6) is 0 Å². The smallest absolute Gasteiger partial charge is 0.161 e. The molecule has 1 aliphatic heterocycles. The van der Waals surface area contributed by atoms with Gasteiger partial charge in [0, 0.05) is 44.3 Å². The van der Waals surface area contributed by atoms with Crippen molar-refractivity contribution in [3.05, 3.63) is 84.9 Å². The van der Waals surface area contributed by atoms with E-state index in [0.717, 1.165) is 65.5 Å². The fourth-order valence-corrected chi connectivity index (χ4v) is 3.88. The van der Waals surface area contributed by atoms with Crippen LogP contribution in [0.1, 0.15) is 31.4 Å². The minimum atomic E-state index is 0.573. The van der Waals surface area contributed by atoms with Crippen LogP contribution >= 0.6 is 0 Å². The first-order chi connectivity index (χ1) is 16.4. The fraction of sp³-hybridized carbons (Fsp3) is 0.321. The first-order valence-electron chi connectivity index (χ1n) is 11.7. The molecule has 0 aliphatic carbocycles. The minimum absolute atomic E-state index is 0.573. The van der Waals surface area contributed by atoms with Crippen LogP contribution < -0.4 is 10.6 Å². The molecule has 34 heavy (non-hydrogen) atoms. The Morgan fingerprint density at radius 2 is 2.18 bits per heavy atom. The van der Waals surface area contributed by atoms with E-state index in [-0.39, 0.29) is 0 Å². The molecule has 6 heteroatoms. The molecular formula is C28H36N6. The number of hydrogen-bond donors (Lipinski definition) is 2. The van der Waals surface area contributed by atoms with Gasteiger partial charge in [-0.25, -0.2) is 9.97 Å². The molecule has 0 saturated carbocycles. The fourth-order valence-electron chi connectivity index (χ4n) is 3.88. The topological polar surface area (TPSA) is 65.4 Å². The molecule has 2 heterocycles. The maximum Gasteiger partial charge on any atom is 0.161 e. The zero-order chi connectivity index (χ0) is 24.5. The number of allylic oxidation sites excluding steroid dienone is 5. The Morgan fingerprint density at radius 1 is 1.35 bits per heavy atom. The van der Waals surface area contributed by atoms with E-state index in [0.29, 0.717) is 11.7 Å². The SMILES string of the molecule is C=C/C(=C\N(C)C)c1cccc(-c2ncc(C(/C=C\C)=NC(=C)C)c(NC[C@H]3CCNC3)n2)c1. The number of aromatic nitrogens is 2. The van der Waals surface area contributed by atoms with Crippen molar-refractivity contribution in [1.29, 1.82) is 0 Å². The Kier molecular flexibility index (Phi) is 8.93. The van der Waals surface area contributed by atoms with E-state index in [1.165, 1.54) is 0 Å². The van der Waals surface area contributed by atoms with Crippen molar-refractivity contribution in [2.75, 3.05) is 39.0 Å². The number of hydrogen-bond acceptors (Lipinski definition) is 6. The Balaban J connectivity index is 2.04. The predicted molar refractivity (Wildman–Crippen MR) is 145 cm³/mol. The molecule has 0 spiro atoms. The Bertz CT molecular complexity index is 1100. The highest BCUT2D eigenvalue weighted by molar-refractivity contribution is 6.12. The van der Waals surface area contributed by atoms with Crippen molar-refractivity contribution in [2.24, 2.45) is 10.9 Å². The monoisotopic (exact) mass is 456 g/mol. The summed E-state index contributed by atoms with van der Waals surface area (Å²) in [6.07, 6.45) is 10.9. The van der Waals surface area contributed by atoms with Gasteiger partial charge in [0.25, 0.3) is 0 Å². The standard InChI is InChI=1S/C28H36N6/c1-7-10-26(32-20(3)4)25-18-31-27(33-28(25)30-17-21-13-14-29-16-21)24-12-9-11-23(15-24)22(8-2)19-34(5)6/h7-12,15,18-19,21,29H,2-3,13-14,16-17H2,1,4-6H3,(H,30,31,33)/b10-7-,22-19+,32-26?/t21-/m0/s1. The van der Waals surface area contributed by atoms with Crippen molar-refractivity contribution in [3.63, 3.8) is 0 Å². The molecule has 1 atom stereocenters. The van der Waals surface area contributed by atoms with Gasteiger partial charge >= 0.3 is 0 Å². The molecule has 178 valence electrons. The van der Waals surface area contributed by atoms with Crippen LogP contribution in [0.15, 0.2) is 78.7 Å². The van der Waals surface area contributed by atoms with Crippen molar-refractivity contribution >= 4 is 17.1 Å². The first kappa shape index (κ1) is 25.1. The van der Waals surface area contributed by atoms with E-state index >= 15 is 0 Å². The molecule has 1 saturated heterocycles. The quantitative estimate of drug-likeness (QED) is 0.382. The number of nitrogens with one attached hydrogen (secondary N) is 2. The third kappa shape index (κ3) is 6.75.